The van der Waals surface area contributed by atoms with Crippen molar-refractivity contribution in [2.75, 3.05) is 4.90 Å². The van der Waals surface area contributed by atoms with E-state index in [1.165, 1.54) is 6.08 Å². The summed E-state index contributed by atoms with van der Waals surface area (Å²) in [6.07, 6.45) is 3.13. The number of hydrogen-bond donors (Lipinski definition) is 2. The number of thiocarbonyl (C=S) groups is 1. The molecule has 4 rings (SSSR count). The van der Waals surface area contributed by atoms with Crippen LogP contribution in [-0.4, -0.2) is 32.6 Å². The van der Waals surface area contributed by atoms with Crippen LogP contribution in [0, 0.1) is 0 Å². The van der Waals surface area contributed by atoms with Gasteiger partial charge >= 0.3 is 5.97 Å². The monoisotopic (exact) mass is 487 g/mol. The third kappa shape index (κ3) is 3.77. The second-order valence-corrected chi connectivity index (χ2v) is 8.26. The number of carbonyl (C=O) groups is 3. The number of rotatable bonds is 4. The van der Waals surface area contributed by atoms with Crippen molar-refractivity contribution in [2.24, 2.45) is 0 Å². The topological polar surface area (TPSA) is 91.6 Å². The lowest BCUT2D eigenvalue weighted by atomic mass is 10.1. The number of nitrogens with one attached hydrogen (secondary N) is 1. The molecular formula is C22H15Cl2N3O4S. The molecule has 1 saturated heterocycles. The maximum absolute atomic E-state index is 13.2. The van der Waals surface area contributed by atoms with Gasteiger partial charge in [-0.2, -0.15) is 0 Å². The molecule has 7 nitrogen and oxygen atoms in total. The predicted octanol–water partition coefficient (Wildman–Crippen LogP) is 4.43. The Balaban J connectivity index is 1.74. The van der Waals surface area contributed by atoms with E-state index in [-0.39, 0.29) is 26.4 Å². The minimum atomic E-state index is -0.950. The van der Waals surface area contributed by atoms with Crippen LogP contribution in [0.5, 0.6) is 0 Å². The van der Waals surface area contributed by atoms with Gasteiger partial charge in [0, 0.05) is 17.1 Å². The third-order valence-corrected chi connectivity index (χ3v) is 6.20. The molecule has 1 atom stereocenters. The van der Waals surface area contributed by atoms with Gasteiger partial charge in [0.25, 0.3) is 11.8 Å². The lowest BCUT2D eigenvalue weighted by Crippen LogP contribution is -2.54. The zero-order valence-corrected chi connectivity index (χ0v) is 18.8. The summed E-state index contributed by atoms with van der Waals surface area (Å²) in [6.45, 7) is 1.58. The number of nitrogens with zero attached hydrogens (tertiary/aromatic N) is 2. The molecule has 2 N–H and O–H groups in total. The van der Waals surface area contributed by atoms with Crippen molar-refractivity contribution >= 4 is 81.0 Å². The molecule has 1 aliphatic rings. The Hall–Kier alpha value is -3.20. The molecule has 0 unspecified atom stereocenters. The number of aliphatic carboxylic acids is 1. The normalized spacial score (nSPS) is 16.5. The highest BCUT2D eigenvalue weighted by Gasteiger charge is 2.35. The zero-order chi connectivity index (χ0) is 23.2. The molecule has 10 heteroatoms. The average molecular weight is 488 g/mol. The Kier molecular flexibility index (Phi) is 5.77. The first kappa shape index (κ1) is 22.0. The molecular weight excluding hydrogens is 473 g/mol. The molecule has 32 heavy (non-hydrogen) atoms. The van der Waals surface area contributed by atoms with Crippen LogP contribution in [0.2, 0.25) is 10.0 Å². The highest BCUT2D eigenvalue weighted by atomic mass is 35.5. The molecule has 0 bridgehead atoms. The van der Waals surface area contributed by atoms with Crippen molar-refractivity contribution in [3.63, 3.8) is 0 Å². The number of benzene rings is 2. The summed E-state index contributed by atoms with van der Waals surface area (Å²) in [4.78, 5) is 38.2. The number of carbonyl (C=O) groups excluding carboxylic acids is 2. The number of anilines is 1. The van der Waals surface area contributed by atoms with Crippen molar-refractivity contribution < 1.29 is 19.5 Å². The van der Waals surface area contributed by atoms with Crippen LogP contribution in [0.3, 0.4) is 0 Å². The van der Waals surface area contributed by atoms with Crippen molar-refractivity contribution in [1.82, 2.24) is 9.88 Å². The van der Waals surface area contributed by atoms with Gasteiger partial charge in [-0.15, -0.1) is 0 Å². The van der Waals surface area contributed by atoms with E-state index < -0.39 is 23.8 Å². The third-order valence-electron chi connectivity index (χ3n) is 5.10. The summed E-state index contributed by atoms with van der Waals surface area (Å²) in [5.74, 6) is -2.22. The maximum atomic E-state index is 13.2. The molecule has 162 valence electrons. The minimum absolute atomic E-state index is 0.100. The van der Waals surface area contributed by atoms with Crippen LogP contribution in [0.1, 0.15) is 18.5 Å². The second kappa shape index (κ2) is 8.38. The first-order chi connectivity index (χ1) is 15.2. The standard InChI is InChI=1S/C22H15Cl2N3O4S/c1-11(21(30)31)26-8-7-13-9-12(5-6-16(13)26)10-14-19(28)25-22(32)27(20(14)29)17-4-2-3-15(23)18(17)24/h2-11H,1H3,(H,30,31)(H,25,28,32)/b14-10+/t11-/m1/s1. The fourth-order valence-electron chi connectivity index (χ4n) is 3.44. The molecule has 0 radical (unpaired) electrons. The van der Waals surface area contributed by atoms with Crippen molar-refractivity contribution in [1.29, 1.82) is 0 Å². The van der Waals surface area contributed by atoms with E-state index in [1.807, 2.05) is 0 Å². The summed E-state index contributed by atoms with van der Waals surface area (Å²) in [5, 5.41) is 12.8. The van der Waals surface area contributed by atoms with Crippen LogP contribution in [0.4, 0.5) is 5.69 Å². The lowest BCUT2D eigenvalue weighted by molar-refractivity contribution is -0.140. The van der Waals surface area contributed by atoms with Gasteiger partial charge < -0.3 is 9.67 Å². The van der Waals surface area contributed by atoms with Gasteiger partial charge in [-0.1, -0.05) is 35.3 Å². The Morgan fingerprint density at radius 2 is 1.94 bits per heavy atom. The van der Waals surface area contributed by atoms with Crippen LogP contribution in [0.15, 0.2) is 54.2 Å². The van der Waals surface area contributed by atoms with E-state index in [9.17, 15) is 19.5 Å². The van der Waals surface area contributed by atoms with E-state index in [0.717, 1.165) is 15.8 Å². The Morgan fingerprint density at radius 3 is 2.66 bits per heavy atom. The number of carboxylic acids is 1. The molecule has 1 fully saturated rings. The highest BCUT2D eigenvalue weighted by Crippen LogP contribution is 2.34. The summed E-state index contributed by atoms with van der Waals surface area (Å²) < 4.78 is 1.63. The highest BCUT2D eigenvalue weighted by molar-refractivity contribution is 7.80. The van der Waals surface area contributed by atoms with Gasteiger partial charge in [0.15, 0.2) is 5.11 Å². The number of aromatic nitrogens is 1. The molecule has 0 saturated carbocycles. The predicted molar refractivity (Wildman–Crippen MR) is 127 cm³/mol. The quantitative estimate of drug-likeness (QED) is 0.322. The molecule has 2 amide bonds. The fourth-order valence-corrected chi connectivity index (χ4v) is 4.09. The van der Waals surface area contributed by atoms with Gasteiger partial charge in [-0.25, -0.2) is 4.79 Å². The van der Waals surface area contributed by atoms with Crippen molar-refractivity contribution in [2.45, 2.75) is 13.0 Å². The molecule has 3 aromatic rings. The summed E-state index contributed by atoms with van der Waals surface area (Å²) in [7, 11) is 0. The number of halogens is 2. The van der Waals surface area contributed by atoms with E-state index in [0.29, 0.717) is 5.56 Å². The van der Waals surface area contributed by atoms with E-state index in [2.05, 4.69) is 5.32 Å². The fraction of sp³-hybridized carbons (Fsp3) is 0.0909. The van der Waals surface area contributed by atoms with Gasteiger partial charge in [0.2, 0.25) is 0 Å². The maximum Gasteiger partial charge on any atom is 0.326 e. The summed E-state index contributed by atoms with van der Waals surface area (Å²) >= 11 is 17.5. The van der Waals surface area contributed by atoms with Crippen molar-refractivity contribution in [3.8, 4) is 0 Å². The van der Waals surface area contributed by atoms with Crippen LogP contribution >= 0.6 is 35.4 Å². The Labute approximate surface area is 197 Å². The van der Waals surface area contributed by atoms with Crippen LogP contribution in [-0.2, 0) is 14.4 Å². The van der Waals surface area contributed by atoms with Gasteiger partial charge in [0.1, 0.15) is 11.6 Å². The summed E-state index contributed by atoms with van der Waals surface area (Å²) in [6, 6.07) is 11.0. The SMILES string of the molecule is C[C@H](C(=O)O)n1ccc2cc(/C=C3\C(=O)NC(=S)N(c4cccc(Cl)c4Cl)C3=O)ccc21. The number of amides is 2. The average Bonchev–Trinajstić information content (AvgIpc) is 3.16. The minimum Gasteiger partial charge on any atom is -0.480 e. The number of hydrogen-bond acceptors (Lipinski definition) is 4. The van der Waals surface area contributed by atoms with E-state index in [4.69, 9.17) is 35.4 Å². The van der Waals surface area contributed by atoms with Crippen molar-refractivity contribution in [3.05, 3.63) is 69.8 Å². The van der Waals surface area contributed by atoms with E-state index in [1.54, 1.807) is 60.2 Å². The van der Waals surface area contributed by atoms with Gasteiger partial charge in [-0.05, 0) is 61.1 Å². The molecule has 0 spiro atoms. The van der Waals surface area contributed by atoms with Crippen LogP contribution < -0.4 is 10.2 Å². The second-order valence-electron chi connectivity index (χ2n) is 7.09. The first-order valence-corrected chi connectivity index (χ1v) is 10.5. The van der Waals surface area contributed by atoms with E-state index >= 15 is 0 Å². The number of fused-ring (bicyclic) bond motifs is 1. The van der Waals surface area contributed by atoms with Gasteiger partial charge in [0.05, 0.1) is 15.7 Å². The lowest BCUT2D eigenvalue weighted by Gasteiger charge is -2.29. The zero-order valence-electron chi connectivity index (χ0n) is 16.5. The first-order valence-electron chi connectivity index (χ1n) is 9.38. The molecule has 0 aliphatic carbocycles. The molecule has 1 aliphatic heterocycles. The largest absolute Gasteiger partial charge is 0.480 e. The number of carboxylic acid groups (broad SMARTS) is 1. The Morgan fingerprint density at radius 1 is 1.19 bits per heavy atom. The van der Waals surface area contributed by atoms with Crippen LogP contribution in [0.25, 0.3) is 17.0 Å². The van der Waals surface area contributed by atoms with Gasteiger partial charge in [-0.3, -0.25) is 19.8 Å². The molecule has 2 aromatic carbocycles. The molecule has 2 heterocycles. The molecule has 1 aromatic heterocycles. The summed E-state index contributed by atoms with van der Waals surface area (Å²) in [5.41, 5.74) is 1.43. The Bertz CT molecular complexity index is 1350. The smallest absolute Gasteiger partial charge is 0.326 e.